The molecule has 14 heteroatoms. The predicted octanol–water partition coefficient (Wildman–Crippen LogP) is 5.32. The van der Waals surface area contributed by atoms with E-state index in [1.54, 1.807) is 20.8 Å². The molecule has 0 saturated heterocycles. The van der Waals surface area contributed by atoms with Crippen molar-refractivity contribution < 1.29 is 28.8 Å². The van der Waals surface area contributed by atoms with Gasteiger partial charge in [0.2, 0.25) is 0 Å². The number of nitro benzene ring substituents is 1. The van der Waals surface area contributed by atoms with Gasteiger partial charge in [-0.05, 0) is 18.9 Å². The molecule has 3 amide bonds. The van der Waals surface area contributed by atoms with Crippen LogP contribution in [0.15, 0.2) is 18.2 Å². The third-order valence-electron chi connectivity index (χ3n) is 5.32. The smallest absolute Gasteiger partial charge is 0.330 e. The van der Waals surface area contributed by atoms with Crippen LogP contribution >= 0.6 is 46.4 Å². The zero-order valence-electron chi connectivity index (χ0n) is 18.9. The average Bonchev–Trinajstić information content (AvgIpc) is 3.06. The van der Waals surface area contributed by atoms with Crippen LogP contribution in [0.1, 0.15) is 40.1 Å². The molecular weight excluding hydrogens is 560 g/mol. The molecule has 0 bridgehead atoms. The quantitative estimate of drug-likeness (QED) is 0.118. The number of ether oxygens (including phenoxy) is 1. The van der Waals surface area contributed by atoms with E-state index in [2.05, 4.69) is 5.32 Å². The summed E-state index contributed by atoms with van der Waals surface area (Å²) < 4.78 is 5.07. The van der Waals surface area contributed by atoms with E-state index in [0.717, 1.165) is 6.07 Å². The molecule has 0 unspecified atom stereocenters. The van der Waals surface area contributed by atoms with Crippen LogP contribution in [0.3, 0.4) is 0 Å². The van der Waals surface area contributed by atoms with Crippen LogP contribution in [0.2, 0.25) is 20.1 Å². The van der Waals surface area contributed by atoms with Gasteiger partial charge in [0.15, 0.2) is 6.61 Å². The van der Waals surface area contributed by atoms with E-state index in [-0.39, 0.29) is 42.6 Å². The van der Waals surface area contributed by atoms with E-state index in [4.69, 9.17) is 51.1 Å². The van der Waals surface area contributed by atoms with Gasteiger partial charge in [0.05, 0.1) is 36.1 Å². The van der Waals surface area contributed by atoms with Gasteiger partial charge >= 0.3 is 5.97 Å². The fourth-order valence-corrected chi connectivity index (χ4v) is 4.61. The minimum atomic E-state index is -1.43. The number of nitro groups is 1. The summed E-state index contributed by atoms with van der Waals surface area (Å²) in [6.07, 6.45) is 0. The Morgan fingerprint density at radius 2 is 1.56 bits per heavy atom. The van der Waals surface area contributed by atoms with Crippen LogP contribution < -0.4 is 5.32 Å². The largest absolute Gasteiger partial charge is 0.454 e. The Labute approximate surface area is 224 Å². The van der Waals surface area contributed by atoms with Crippen molar-refractivity contribution in [2.45, 2.75) is 26.8 Å². The second kappa shape index (κ2) is 10.6. The molecule has 0 fully saturated rings. The number of nitrogens with one attached hydrogen (secondary N) is 1. The Morgan fingerprint density at radius 3 is 2.03 bits per heavy atom. The van der Waals surface area contributed by atoms with Crippen molar-refractivity contribution >= 4 is 81.5 Å². The second-order valence-corrected chi connectivity index (χ2v) is 9.60. The first-order valence-corrected chi connectivity index (χ1v) is 11.7. The first-order chi connectivity index (χ1) is 16.8. The Bertz CT molecular complexity index is 1280. The number of carbonyl (C=O) groups excluding carboxylic acids is 4. The first kappa shape index (κ1) is 27.7. The van der Waals surface area contributed by atoms with Crippen molar-refractivity contribution in [3.05, 3.63) is 65.1 Å². The van der Waals surface area contributed by atoms with Crippen LogP contribution in [-0.4, -0.2) is 46.2 Å². The highest BCUT2D eigenvalue weighted by Gasteiger charge is 2.48. The van der Waals surface area contributed by atoms with E-state index >= 15 is 0 Å². The number of halogens is 4. The number of fused-ring (bicyclic) bond motifs is 1. The molecule has 3 rings (SSSR count). The molecule has 10 nitrogen and oxygen atoms in total. The Balaban J connectivity index is 1.79. The maximum Gasteiger partial charge on any atom is 0.330 e. The highest BCUT2D eigenvalue weighted by Crippen LogP contribution is 2.45. The fraction of sp³-hybridized carbons (Fsp3) is 0.273. The molecule has 2 aromatic rings. The van der Waals surface area contributed by atoms with Gasteiger partial charge in [0.1, 0.15) is 6.04 Å². The molecule has 1 heterocycles. The minimum absolute atomic E-state index is 0.118. The van der Waals surface area contributed by atoms with E-state index < -0.39 is 47.2 Å². The van der Waals surface area contributed by atoms with Gasteiger partial charge in [-0.1, -0.05) is 66.3 Å². The van der Waals surface area contributed by atoms with Crippen LogP contribution in [-0.2, 0) is 14.3 Å². The number of rotatable bonds is 7. The third kappa shape index (κ3) is 4.99. The van der Waals surface area contributed by atoms with E-state index in [1.165, 1.54) is 12.1 Å². The summed E-state index contributed by atoms with van der Waals surface area (Å²) in [4.78, 5) is 62.5. The van der Waals surface area contributed by atoms with Crippen LogP contribution in [0.5, 0.6) is 0 Å². The van der Waals surface area contributed by atoms with E-state index in [1.807, 2.05) is 0 Å². The summed E-state index contributed by atoms with van der Waals surface area (Å²) >= 11 is 24.3. The number of imide groups is 1. The van der Waals surface area contributed by atoms with Crippen molar-refractivity contribution in [2.75, 3.05) is 11.9 Å². The van der Waals surface area contributed by atoms with Crippen molar-refractivity contribution in [3.63, 3.8) is 0 Å². The molecule has 1 N–H and O–H groups in total. The van der Waals surface area contributed by atoms with Crippen molar-refractivity contribution in [1.82, 2.24) is 4.90 Å². The molecule has 1 aliphatic rings. The summed E-state index contributed by atoms with van der Waals surface area (Å²) in [5, 5.41) is 12.5. The van der Waals surface area contributed by atoms with Crippen molar-refractivity contribution in [2.24, 2.45) is 5.92 Å². The molecule has 1 atom stereocenters. The summed E-state index contributed by atoms with van der Waals surface area (Å²) in [6.45, 7) is 3.87. The molecule has 0 spiro atoms. The van der Waals surface area contributed by atoms with Gasteiger partial charge in [0.25, 0.3) is 23.4 Å². The van der Waals surface area contributed by atoms with Crippen LogP contribution in [0.4, 0.5) is 11.4 Å². The summed E-state index contributed by atoms with van der Waals surface area (Å²) in [7, 11) is 0. The molecule has 2 aromatic carbocycles. The monoisotopic (exact) mass is 575 g/mol. The third-order valence-corrected chi connectivity index (χ3v) is 7.12. The summed E-state index contributed by atoms with van der Waals surface area (Å²) in [5.74, 6) is -4.32. The summed E-state index contributed by atoms with van der Waals surface area (Å²) in [5.41, 5.74) is -0.274. The predicted molar refractivity (Wildman–Crippen MR) is 133 cm³/mol. The first-order valence-electron chi connectivity index (χ1n) is 10.2. The molecule has 1 aliphatic heterocycles. The van der Waals surface area contributed by atoms with E-state index in [9.17, 15) is 29.3 Å². The number of hydrogen-bond donors (Lipinski definition) is 1. The molecule has 0 aromatic heterocycles. The Kier molecular flexibility index (Phi) is 8.14. The zero-order chi connectivity index (χ0) is 27.1. The molecular formula is C22H17Cl4N3O7. The Morgan fingerprint density at radius 1 is 1.03 bits per heavy atom. The highest BCUT2D eigenvalue weighted by atomic mass is 35.5. The topological polar surface area (TPSA) is 136 Å². The molecule has 0 saturated carbocycles. The standard InChI is InChI=1S/C22H17Cl4N3O7/c1-8(2)19(28-20(31)13-14(21(28)32)16(24)18(26)17(25)15(13)23)22(33)36-7-12(30)27-10-5-4-9(3)11(6-10)29(34)35/h4-6,8,19H,7H2,1-3H3,(H,27,30)/t19-/m0/s1. The number of carbonyl (C=O) groups is 4. The number of esters is 1. The molecule has 0 aliphatic carbocycles. The number of benzene rings is 2. The van der Waals surface area contributed by atoms with Gasteiger partial charge < -0.3 is 10.1 Å². The maximum atomic E-state index is 13.1. The SMILES string of the molecule is Cc1ccc(NC(=O)COC(=O)[C@H](C(C)C)N2C(=O)c3c(Cl)c(Cl)c(Cl)c(Cl)c3C2=O)cc1[N+](=O)[O-]. The van der Waals surface area contributed by atoms with Gasteiger partial charge in [0, 0.05) is 17.3 Å². The van der Waals surface area contributed by atoms with E-state index in [0.29, 0.717) is 10.5 Å². The number of hydrogen-bond acceptors (Lipinski definition) is 7. The lowest BCUT2D eigenvalue weighted by molar-refractivity contribution is -0.385. The average molecular weight is 577 g/mol. The number of amides is 3. The molecule has 0 radical (unpaired) electrons. The van der Waals surface area contributed by atoms with Gasteiger partial charge in [-0.3, -0.25) is 29.4 Å². The second-order valence-electron chi connectivity index (χ2n) is 8.09. The lowest BCUT2D eigenvalue weighted by Crippen LogP contribution is -2.49. The van der Waals surface area contributed by atoms with Crippen LogP contribution in [0.25, 0.3) is 0 Å². The Hall–Kier alpha value is -2.92. The molecule has 36 heavy (non-hydrogen) atoms. The zero-order valence-corrected chi connectivity index (χ0v) is 21.9. The normalized spacial score (nSPS) is 13.6. The van der Waals surface area contributed by atoms with Gasteiger partial charge in [-0.15, -0.1) is 0 Å². The fourth-order valence-electron chi connectivity index (χ4n) is 3.60. The summed E-state index contributed by atoms with van der Waals surface area (Å²) in [6, 6.07) is 2.62. The minimum Gasteiger partial charge on any atom is -0.454 e. The highest BCUT2D eigenvalue weighted by molar-refractivity contribution is 6.55. The van der Waals surface area contributed by atoms with Gasteiger partial charge in [-0.2, -0.15) is 0 Å². The van der Waals surface area contributed by atoms with Crippen molar-refractivity contribution in [1.29, 1.82) is 0 Å². The number of nitrogens with zero attached hydrogens (tertiary/aromatic N) is 2. The van der Waals surface area contributed by atoms with Crippen molar-refractivity contribution in [3.8, 4) is 0 Å². The lowest BCUT2D eigenvalue weighted by Gasteiger charge is -2.27. The molecule has 190 valence electrons. The maximum absolute atomic E-state index is 13.1. The number of anilines is 1. The number of aryl methyl sites for hydroxylation is 1. The van der Waals surface area contributed by atoms with Crippen LogP contribution in [0, 0.1) is 23.0 Å². The lowest BCUT2D eigenvalue weighted by atomic mass is 10.0. The van der Waals surface area contributed by atoms with Gasteiger partial charge in [-0.25, -0.2) is 4.79 Å².